The topological polar surface area (TPSA) is 67.2 Å². The molecular weight excluding hydrogens is 256 g/mol. The molecule has 2 aliphatic heterocycles. The van der Waals surface area contributed by atoms with Gasteiger partial charge in [0, 0.05) is 32.6 Å². The Hall–Kier alpha value is -1.85. The summed E-state index contributed by atoms with van der Waals surface area (Å²) in [6.45, 7) is 3.59. The van der Waals surface area contributed by atoms with Gasteiger partial charge in [-0.1, -0.05) is 0 Å². The average Bonchev–Trinajstić information content (AvgIpc) is 2.72. The highest BCUT2D eigenvalue weighted by Crippen LogP contribution is 2.30. The summed E-state index contributed by atoms with van der Waals surface area (Å²) in [7, 11) is 1.88. The summed E-state index contributed by atoms with van der Waals surface area (Å²) in [6, 6.07) is 0.293. The Bertz CT molecular complexity index is 552. The summed E-state index contributed by atoms with van der Waals surface area (Å²) >= 11 is 0. The number of aryl methyl sites for hydroxylation is 2. The van der Waals surface area contributed by atoms with Gasteiger partial charge in [-0.05, 0) is 25.7 Å². The molecule has 3 heterocycles. The fourth-order valence-electron chi connectivity index (χ4n) is 3.48. The first-order valence-electron chi connectivity index (χ1n) is 7.13. The summed E-state index contributed by atoms with van der Waals surface area (Å²) in [6.07, 6.45) is 3.37. The van der Waals surface area contributed by atoms with Gasteiger partial charge in [-0.3, -0.25) is 14.3 Å². The van der Waals surface area contributed by atoms with Gasteiger partial charge in [-0.15, -0.1) is 0 Å². The molecule has 2 saturated heterocycles. The van der Waals surface area contributed by atoms with Crippen molar-refractivity contribution in [3.8, 4) is 0 Å². The lowest BCUT2D eigenvalue weighted by atomic mass is 9.85. The number of carbonyl (C=O) groups excluding carboxylic acids is 2. The van der Waals surface area contributed by atoms with Crippen molar-refractivity contribution in [1.82, 2.24) is 15.1 Å². The number of fused-ring (bicyclic) bond motifs is 1. The highest BCUT2D eigenvalue weighted by molar-refractivity contribution is 5.85. The van der Waals surface area contributed by atoms with E-state index < -0.39 is 0 Å². The normalized spacial score (nSPS) is 26.1. The molecular formula is C14H20N4O2. The minimum absolute atomic E-state index is 0.171. The van der Waals surface area contributed by atoms with Crippen LogP contribution in [0.2, 0.25) is 0 Å². The van der Waals surface area contributed by atoms with Crippen molar-refractivity contribution in [2.75, 3.05) is 18.0 Å². The van der Waals surface area contributed by atoms with Crippen molar-refractivity contribution in [3.05, 3.63) is 11.3 Å². The zero-order valence-corrected chi connectivity index (χ0v) is 11.9. The van der Waals surface area contributed by atoms with Gasteiger partial charge in [0.15, 0.2) is 6.29 Å². The van der Waals surface area contributed by atoms with E-state index in [1.807, 2.05) is 14.0 Å². The molecule has 3 rings (SSSR count). The molecule has 1 amide bonds. The van der Waals surface area contributed by atoms with Gasteiger partial charge in [-0.25, -0.2) is 0 Å². The first-order valence-corrected chi connectivity index (χ1v) is 7.13. The van der Waals surface area contributed by atoms with Gasteiger partial charge in [0.1, 0.15) is 5.82 Å². The number of nitrogens with one attached hydrogen (secondary N) is 1. The van der Waals surface area contributed by atoms with Crippen molar-refractivity contribution in [2.24, 2.45) is 13.0 Å². The Morgan fingerprint density at radius 1 is 1.40 bits per heavy atom. The lowest BCUT2D eigenvalue weighted by molar-refractivity contribution is -0.124. The van der Waals surface area contributed by atoms with Gasteiger partial charge >= 0.3 is 0 Å². The quantitative estimate of drug-likeness (QED) is 0.805. The second-order valence-corrected chi connectivity index (χ2v) is 5.77. The Morgan fingerprint density at radius 2 is 2.20 bits per heavy atom. The number of nitrogens with zero attached hydrogens (tertiary/aromatic N) is 3. The highest BCUT2D eigenvalue weighted by atomic mass is 16.1. The molecule has 1 aromatic rings. The van der Waals surface area contributed by atoms with Crippen LogP contribution in [0.15, 0.2) is 0 Å². The van der Waals surface area contributed by atoms with Crippen LogP contribution in [0.4, 0.5) is 5.82 Å². The van der Waals surface area contributed by atoms with E-state index in [1.54, 1.807) is 4.68 Å². The van der Waals surface area contributed by atoms with Crippen LogP contribution in [0.1, 0.15) is 35.3 Å². The number of amides is 1. The van der Waals surface area contributed by atoms with E-state index in [0.29, 0.717) is 23.9 Å². The number of hydrogen-bond acceptors (Lipinski definition) is 4. The minimum atomic E-state index is 0.171. The summed E-state index contributed by atoms with van der Waals surface area (Å²) in [4.78, 5) is 25.0. The number of carbonyl (C=O) groups is 2. The second-order valence-electron chi connectivity index (χ2n) is 5.77. The first-order chi connectivity index (χ1) is 9.60. The third-order valence-electron chi connectivity index (χ3n) is 4.48. The van der Waals surface area contributed by atoms with Gasteiger partial charge in [-0.2, -0.15) is 5.10 Å². The van der Waals surface area contributed by atoms with E-state index in [1.165, 1.54) is 0 Å². The van der Waals surface area contributed by atoms with Crippen molar-refractivity contribution < 1.29 is 9.59 Å². The number of hydrogen-bond donors (Lipinski definition) is 1. The second kappa shape index (κ2) is 4.92. The number of piperidine rings is 2. The zero-order valence-electron chi connectivity index (χ0n) is 11.9. The largest absolute Gasteiger partial charge is 0.356 e. The van der Waals surface area contributed by atoms with Crippen LogP contribution in [-0.4, -0.2) is 41.1 Å². The van der Waals surface area contributed by atoms with Crippen LogP contribution < -0.4 is 10.2 Å². The maximum atomic E-state index is 11.4. The molecule has 1 aromatic heterocycles. The van der Waals surface area contributed by atoms with E-state index in [4.69, 9.17) is 0 Å². The Labute approximate surface area is 118 Å². The molecule has 0 radical (unpaired) electrons. The Balaban J connectivity index is 1.83. The Morgan fingerprint density at radius 3 is 2.95 bits per heavy atom. The van der Waals surface area contributed by atoms with Crippen LogP contribution in [-0.2, 0) is 11.8 Å². The molecule has 1 N–H and O–H groups in total. The fraction of sp³-hybridized carbons (Fsp3) is 0.643. The Kier molecular flexibility index (Phi) is 3.23. The van der Waals surface area contributed by atoms with Gasteiger partial charge in [0.25, 0.3) is 0 Å². The standard InChI is InChI=1S/C14H20N4O2/c1-9-11(8-19)14(17(2)16-9)18-6-5-12-10(7-18)3-4-13(20)15-12/h8,10,12H,3-7H2,1-2H3,(H,15,20). The predicted molar refractivity (Wildman–Crippen MR) is 74.8 cm³/mol. The summed E-state index contributed by atoms with van der Waals surface area (Å²) in [5.74, 6) is 1.55. The van der Waals surface area contributed by atoms with Crippen molar-refractivity contribution >= 4 is 18.0 Å². The number of anilines is 1. The monoisotopic (exact) mass is 276 g/mol. The molecule has 2 unspecified atom stereocenters. The third kappa shape index (κ3) is 2.09. The molecule has 2 fully saturated rings. The number of aromatic nitrogens is 2. The van der Waals surface area contributed by atoms with Crippen LogP contribution in [0.5, 0.6) is 0 Å². The fourth-order valence-corrected chi connectivity index (χ4v) is 3.48. The minimum Gasteiger partial charge on any atom is -0.356 e. The SMILES string of the molecule is Cc1nn(C)c(N2CCC3NC(=O)CCC3C2)c1C=O. The maximum absolute atomic E-state index is 11.4. The summed E-state index contributed by atoms with van der Waals surface area (Å²) in [5, 5.41) is 7.43. The number of aldehydes is 1. The highest BCUT2D eigenvalue weighted by Gasteiger charge is 2.35. The molecule has 0 aromatic carbocycles. The van der Waals surface area contributed by atoms with Crippen molar-refractivity contribution in [1.29, 1.82) is 0 Å². The molecule has 0 spiro atoms. The smallest absolute Gasteiger partial charge is 0.220 e. The molecule has 2 aliphatic rings. The zero-order chi connectivity index (χ0) is 14.3. The molecule has 6 heteroatoms. The van der Waals surface area contributed by atoms with E-state index in [9.17, 15) is 9.59 Å². The van der Waals surface area contributed by atoms with Gasteiger partial charge in [0.2, 0.25) is 5.91 Å². The van der Waals surface area contributed by atoms with E-state index >= 15 is 0 Å². The van der Waals surface area contributed by atoms with Crippen LogP contribution in [0, 0.1) is 12.8 Å². The molecule has 6 nitrogen and oxygen atoms in total. The van der Waals surface area contributed by atoms with Crippen LogP contribution in [0.3, 0.4) is 0 Å². The average molecular weight is 276 g/mol. The molecule has 2 atom stereocenters. The molecule has 20 heavy (non-hydrogen) atoms. The molecule has 0 saturated carbocycles. The van der Waals surface area contributed by atoms with Crippen molar-refractivity contribution in [3.63, 3.8) is 0 Å². The van der Waals surface area contributed by atoms with E-state index in [2.05, 4.69) is 15.3 Å². The molecule has 0 aliphatic carbocycles. The van der Waals surface area contributed by atoms with Crippen LogP contribution in [0.25, 0.3) is 0 Å². The first kappa shape index (κ1) is 13.1. The summed E-state index contributed by atoms with van der Waals surface area (Å²) in [5.41, 5.74) is 1.46. The van der Waals surface area contributed by atoms with Crippen molar-refractivity contribution in [2.45, 2.75) is 32.2 Å². The predicted octanol–water partition coefficient (Wildman–Crippen LogP) is 0.646. The van der Waals surface area contributed by atoms with Gasteiger partial charge in [0.05, 0.1) is 11.3 Å². The molecule has 0 bridgehead atoms. The van der Waals surface area contributed by atoms with E-state index in [0.717, 1.165) is 43.7 Å². The lowest BCUT2D eigenvalue weighted by Gasteiger charge is -2.42. The maximum Gasteiger partial charge on any atom is 0.220 e. The third-order valence-corrected chi connectivity index (χ3v) is 4.48. The number of rotatable bonds is 2. The van der Waals surface area contributed by atoms with E-state index in [-0.39, 0.29) is 5.91 Å². The summed E-state index contributed by atoms with van der Waals surface area (Å²) < 4.78 is 1.79. The van der Waals surface area contributed by atoms with Crippen LogP contribution >= 0.6 is 0 Å². The lowest BCUT2D eigenvalue weighted by Crippen LogP contribution is -2.54. The van der Waals surface area contributed by atoms with Gasteiger partial charge < -0.3 is 10.2 Å². The molecule has 108 valence electrons.